The zero-order valence-corrected chi connectivity index (χ0v) is 13.7. The van der Waals surface area contributed by atoms with E-state index < -0.39 is 0 Å². The first-order valence-electron chi connectivity index (χ1n) is 8.32. The Kier molecular flexibility index (Phi) is 6.07. The van der Waals surface area contributed by atoms with E-state index in [0.717, 1.165) is 25.3 Å². The topological polar surface area (TPSA) is 38.5 Å². The van der Waals surface area contributed by atoms with Crippen LogP contribution in [0.15, 0.2) is 24.3 Å². The number of hydrogen-bond acceptors (Lipinski definition) is 3. The number of benzene rings is 1. The second kappa shape index (κ2) is 7.81. The first kappa shape index (κ1) is 16.3. The van der Waals surface area contributed by atoms with Crippen LogP contribution in [-0.4, -0.2) is 31.1 Å². The summed E-state index contributed by atoms with van der Waals surface area (Å²) in [5, 5.41) is 0. The highest BCUT2D eigenvalue weighted by Crippen LogP contribution is 2.33. The quantitative estimate of drug-likeness (QED) is 0.834. The summed E-state index contributed by atoms with van der Waals surface area (Å²) >= 11 is 0. The van der Waals surface area contributed by atoms with Gasteiger partial charge in [-0.2, -0.15) is 0 Å². The average Bonchev–Trinajstić information content (AvgIpc) is 3.00. The number of nitrogens with two attached hydrogens (primary N) is 1. The lowest BCUT2D eigenvalue weighted by Gasteiger charge is -2.34. The van der Waals surface area contributed by atoms with E-state index in [4.69, 9.17) is 10.5 Å². The molecule has 0 heterocycles. The first-order chi connectivity index (χ1) is 10.2. The van der Waals surface area contributed by atoms with Crippen molar-refractivity contribution < 1.29 is 4.74 Å². The van der Waals surface area contributed by atoms with Crippen LogP contribution in [0.2, 0.25) is 0 Å². The molecular formula is C18H30N2O. The standard InChI is InChI=1S/C18H30N2O/c1-4-12-21-17-10-8-15(9-11-17)14(2)20(3)18-7-5-6-16(18)13-19/h8-11,14,16,18H,4-7,12-13,19H2,1-3H3. The summed E-state index contributed by atoms with van der Waals surface area (Å²) in [5.41, 5.74) is 7.27. The first-order valence-corrected chi connectivity index (χ1v) is 8.32. The molecule has 3 nitrogen and oxygen atoms in total. The minimum Gasteiger partial charge on any atom is -0.494 e. The summed E-state index contributed by atoms with van der Waals surface area (Å²) in [6.07, 6.45) is 4.92. The molecule has 1 fully saturated rings. The minimum absolute atomic E-state index is 0.419. The zero-order valence-electron chi connectivity index (χ0n) is 13.7. The van der Waals surface area contributed by atoms with Gasteiger partial charge in [-0.3, -0.25) is 4.90 Å². The van der Waals surface area contributed by atoms with Crippen LogP contribution in [0.1, 0.15) is 51.1 Å². The zero-order chi connectivity index (χ0) is 15.2. The summed E-state index contributed by atoms with van der Waals surface area (Å²) in [7, 11) is 2.24. The molecule has 0 saturated heterocycles. The number of ether oxygens (including phenoxy) is 1. The fourth-order valence-corrected chi connectivity index (χ4v) is 3.41. The van der Waals surface area contributed by atoms with Crippen LogP contribution in [0.4, 0.5) is 0 Å². The van der Waals surface area contributed by atoms with Crippen LogP contribution in [0, 0.1) is 5.92 Å². The molecule has 2 N–H and O–H groups in total. The third-order valence-corrected chi connectivity index (χ3v) is 4.89. The lowest BCUT2D eigenvalue weighted by atomic mass is 9.99. The molecule has 0 spiro atoms. The summed E-state index contributed by atoms with van der Waals surface area (Å²) in [4.78, 5) is 2.51. The van der Waals surface area contributed by atoms with Crippen molar-refractivity contribution in [2.75, 3.05) is 20.2 Å². The van der Waals surface area contributed by atoms with Crippen molar-refractivity contribution in [3.05, 3.63) is 29.8 Å². The Morgan fingerprint density at radius 3 is 2.62 bits per heavy atom. The molecule has 0 aliphatic heterocycles. The lowest BCUT2D eigenvalue weighted by Crippen LogP contribution is -2.39. The second-order valence-electron chi connectivity index (χ2n) is 6.25. The van der Waals surface area contributed by atoms with E-state index in [2.05, 4.69) is 50.1 Å². The van der Waals surface area contributed by atoms with Crippen LogP contribution in [-0.2, 0) is 0 Å². The predicted octanol–water partition coefficient (Wildman–Crippen LogP) is 3.60. The van der Waals surface area contributed by atoms with Gasteiger partial charge in [-0.15, -0.1) is 0 Å². The highest BCUT2D eigenvalue weighted by atomic mass is 16.5. The van der Waals surface area contributed by atoms with E-state index in [1.807, 2.05) is 0 Å². The maximum atomic E-state index is 5.92. The van der Waals surface area contributed by atoms with Crippen LogP contribution in [0.3, 0.4) is 0 Å². The van der Waals surface area contributed by atoms with E-state index >= 15 is 0 Å². The van der Waals surface area contributed by atoms with Crippen molar-refractivity contribution in [1.82, 2.24) is 4.90 Å². The van der Waals surface area contributed by atoms with Gasteiger partial charge in [-0.25, -0.2) is 0 Å². The molecule has 1 aromatic rings. The number of rotatable bonds is 7. The summed E-state index contributed by atoms with van der Waals surface area (Å²) in [5.74, 6) is 1.63. The van der Waals surface area contributed by atoms with Crippen LogP contribution in [0.25, 0.3) is 0 Å². The molecule has 2 rings (SSSR count). The monoisotopic (exact) mass is 290 g/mol. The van der Waals surface area contributed by atoms with Crippen molar-refractivity contribution >= 4 is 0 Å². The fraction of sp³-hybridized carbons (Fsp3) is 0.667. The summed E-state index contributed by atoms with van der Waals surface area (Å²) in [6, 6.07) is 9.61. The Morgan fingerprint density at radius 2 is 2.00 bits per heavy atom. The molecule has 1 saturated carbocycles. The Balaban J connectivity index is 1.99. The Bertz CT molecular complexity index is 418. The Labute approximate surface area is 129 Å². The van der Waals surface area contributed by atoms with E-state index in [-0.39, 0.29) is 0 Å². The second-order valence-corrected chi connectivity index (χ2v) is 6.25. The maximum Gasteiger partial charge on any atom is 0.119 e. The number of nitrogens with zero attached hydrogens (tertiary/aromatic N) is 1. The average molecular weight is 290 g/mol. The molecule has 1 aliphatic carbocycles. The van der Waals surface area contributed by atoms with Gasteiger partial charge < -0.3 is 10.5 Å². The molecule has 3 heteroatoms. The van der Waals surface area contributed by atoms with Crippen LogP contribution in [0.5, 0.6) is 5.75 Å². The van der Waals surface area contributed by atoms with E-state index in [0.29, 0.717) is 18.0 Å². The van der Waals surface area contributed by atoms with Gasteiger partial charge in [0.05, 0.1) is 6.61 Å². The predicted molar refractivity (Wildman–Crippen MR) is 88.6 cm³/mol. The van der Waals surface area contributed by atoms with Gasteiger partial charge in [-0.1, -0.05) is 25.5 Å². The molecule has 21 heavy (non-hydrogen) atoms. The van der Waals surface area contributed by atoms with Gasteiger partial charge in [-0.05, 0) is 63.4 Å². The van der Waals surface area contributed by atoms with Crippen molar-refractivity contribution in [2.45, 2.75) is 51.6 Å². The van der Waals surface area contributed by atoms with Crippen LogP contribution >= 0.6 is 0 Å². The minimum atomic E-state index is 0.419. The third kappa shape index (κ3) is 3.98. The van der Waals surface area contributed by atoms with Crippen molar-refractivity contribution in [2.24, 2.45) is 11.7 Å². The fourth-order valence-electron chi connectivity index (χ4n) is 3.41. The molecule has 0 aromatic heterocycles. The molecule has 0 amide bonds. The Hall–Kier alpha value is -1.06. The van der Waals surface area contributed by atoms with Gasteiger partial charge >= 0.3 is 0 Å². The lowest BCUT2D eigenvalue weighted by molar-refractivity contribution is 0.152. The highest BCUT2D eigenvalue weighted by molar-refractivity contribution is 5.29. The van der Waals surface area contributed by atoms with E-state index in [9.17, 15) is 0 Å². The molecule has 0 radical (unpaired) electrons. The van der Waals surface area contributed by atoms with E-state index in [1.54, 1.807) is 0 Å². The molecule has 118 valence electrons. The normalized spacial score (nSPS) is 23.5. The maximum absolute atomic E-state index is 5.92. The molecule has 0 bridgehead atoms. The van der Waals surface area contributed by atoms with Gasteiger partial charge in [0.25, 0.3) is 0 Å². The Morgan fingerprint density at radius 1 is 1.29 bits per heavy atom. The molecule has 3 unspecified atom stereocenters. The molecular weight excluding hydrogens is 260 g/mol. The SMILES string of the molecule is CCCOc1ccc(C(C)N(C)C2CCCC2CN)cc1. The van der Waals surface area contributed by atoms with Gasteiger partial charge in [0, 0.05) is 12.1 Å². The molecule has 1 aromatic carbocycles. The van der Waals surface area contributed by atoms with Crippen molar-refractivity contribution in [3.8, 4) is 5.75 Å². The van der Waals surface area contributed by atoms with Crippen molar-refractivity contribution in [3.63, 3.8) is 0 Å². The summed E-state index contributed by atoms with van der Waals surface area (Å²) < 4.78 is 5.65. The molecule has 3 atom stereocenters. The van der Waals surface area contributed by atoms with Crippen LogP contribution < -0.4 is 10.5 Å². The van der Waals surface area contributed by atoms with Gasteiger partial charge in [0.15, 0.2) is 0 Å². The highest BCUT2D eigenvalue weighted by Gasteiger charge is 2.31. The van der Waals surface area contributed by atoms with E-state index in [1.165, 1.54) is 24.8 Å². The van der Waals surface area contributed by atoms with Crippen molar-refractivity contribution in [1.29, 1.82) is 0 Å². The van der Waals surface area contributed by atoms with Gasteiger partial charge in [0.1, 0.15) is 5.75 Å². The number of hydrogen-bond donors (Lipinski definition) is 1. The molecule has 1 aliphatic rings. The van der Waals surface area contributed by atoms with Gasteiger partial charge in [0.2, 0.25) is 0 Å². The summed E-state index contributed by atoms with van der Waals surface area (Å²) in [6.45, 7) is 6.01. The smallest absolute Gasteiger partial charge is 0.119 e. The third-order valence-electron chi connectivity index (χ3n) is 4.89. The largest absolute Gasteiger partial charge is 0.494 e.